The SMILES string of the molecule is CC(CNc1nc(-c2ccccc2)nc2nc(-c3ccccc3)oc12)N1CCOCC1. The lowest BCUT2D eigenvalue weighted by atomic mass is 10.2. The molecule has 0 spiro atoms. The van der Waals surface area contributed by atoms with Crippen LogP contribution in [0.15, 0.2) is 65.1 Å². The highest BCUT2D eigenvalue weighted by Crippen LogP contribution is 2.29. The molecule has 2 aromatic heterocycles. The molecule has 7 heteroatoms. The van der Waals surface area contributed by atoms with Gasteiger partial charge in [-0.2, -0.15) is 4.98 Å². The smallest absolute Gasteiger partial charge is 0.229 e. The maximum Gasteiger partial charge on any atom is 0.229 e. The Morgan fingerprint density at radius 2 is 1.58 bits per heavy atom. The van der Waals surface area contributed by atoms with Crippen molar-refractivity contribution < 1.29 is 9.15 Å². The van der Waals surface area contributed by atoms with E-state index in [0.717, 1.165) is 44.0 Å². The number of hydrogen-bond acceptors (Lipinski definition) is 7. The van der Waals surface area contributed by atoms with Gasteiger partial charge in [-0.05, 0) is 19.1 Å². The zero-order chi connectivity index (χ0) is 21.0. The normalized spacial score (nSPS) is 15.8. The van der Waals surface area contributed by atoms with E-state index in [9.17, 15) is 0 Å². The van der Waals surface area contributed by atoms with Crippen molar-refractivity contribution in [2.75, 3.05) is 38.2 Å². The highest BCUT2D eigenvalue weighted by molar-refractivity contribution is 5.84. The lowest BCUT2D eigenvalue weighted by Crippen LogP contribution is -2.45. The summed E-state index contributed by atoms with van der Waals surface area (Å²) in [5.74, 6) is 1.83. The van der Waals surface area contributed by atoms with Gasteiger partial charge in [0, 0.05) is 36.8 Å². The average molecular weight is 415 g/mol. The van der Waals surface area contributed by atoms with Crippen molar-refractivity contribution in [3.05, 3.63) is 60.7 Å². The Labute approximate surface area is 181 Å². The standard InChI is InChI=1S/C24H25N5O2/c1-17(29-12-14-30-15-13-29)16-25-22-20-23(27-21(26-22)18-8-4-2-5-9-18)28-24(31-20)19-10-6-3-7-11-19/h2-11,17H,12-16H2,1H3,(H,25,26,27). The van der Waals surface area contributed by atoms with Crippen LogP contribution in [0.5, 0.6) is 0 Å². The second-order valence-electron chi connectivity index (χ2n) is 7.68. The molecule has 1 aliphatic heterocycles. The van der Waals surface area contributed by atoms with Gasteiger partial charge in [0.2, 0.25) is 17.1 Å². The molecule has 1 unspecified atom stereocenters. The van der Waals surface area contributed by atoms with Crippen LogP contribution in [0.4, 0.5) is 5.82 Å². The lowest BCUT2D eigenvalue weighted by Gasteiger charge is -2.32. The summed E-state index contributed by atoms with van der Waals surface area (Å²) in [7, 11) is 0. The number of anilines is 1. The fourth-order valence-electron chi connectivity index (χ4n) is 3.76. The molecule has 7 nitrogen and oxygen atoms in total. The fraction of sp³-hybridized carbons (Fsp3) is 0.292. The number of oxazole rings is 1. The largest absolute Gasteiger partial charge is 0.430 e. The summed E-state index contributed by atoms with van der Waals surface area (Å²) in [4.78, 5) is 16.6. The molecule has 5 rings (SSSR count). The quantitative estimate of drug-likeness (QED) is 0.508. The summed E-state index contributed by atoms with van der Waals surface area (Å²) in [5, 5.41) is 3.49. The van der Waals surface area contributed by atoms with Crippen molar-refractivity contribution in [2.45, 2.75) is 13.0 Å². The monoisotopic (exact) mass is 415 g/mol. The molecule has 1 fully saturated rings. The van der Waals surface area contributed by atoms with Gasteiger partial charge in [-0.3, -0.25) is 4.90 Å². The number of fused-ring (bicyclic) bond motifs is 1. The van der Waals surface area contributed by atoms with Gasteiger partial charge in [0.15, 0.2) is 11.6 Å². The molecule has 0 bridgehead atoms. The molecule has 0 aliphatic carbocycles. The Balaban J connectivity index is 1.50. The van der Waals surface area contributed by atoms with E-state index in [4.69, 9.17) is 14.1 Å². The molecular weight excluding hydrogens is 390 g/mol. The van der Waals surface area contributed by atoms with Gasteiger partial charge >= 0.3 is 0 Å². The van der Waals surface area contributed by atoms with Crippen molar-refractivity contribution in [2.24, 2.45) is 0 Å². The second kappa shape index (κ2) is 8.83. The van der Waals surface area contributed by atoms with Gasteiger partial charge in [-0.25, -0.2) is 9.97 Å². The van der Waals surface area contributed by atoms with E-state index in [1.807, 2.05) is 60.7 Å². The first-order valence-corrected chi connectivity index (χ1v) is 10.6. The predicted octanol–water partition coefficient (Wildman–Crippen LogP) is 4.08. The second-order valence-corrected chi connectivity index (χ2v) is 7.68. The molecular formula is C24H25N5O2. The zero-order valence-electron chi connectivity index (χ0n) is 17.5. The number of nitrogens with zero attached hydrogens (tertiary/aromatic N) is 4. The highest BCUT2D eigenvalue weighted by Gasteiger charge is 2.20. The number of ether oxygens (including phenoxy) is 1. The fourth-order valence-corrected chi connectivity index (χ4v) is 3.76. The van der Waals surface area contributed by atoms with Crippen LogP contribution in [0.25, 0.3) is 34.1 Å². The van der Waals surface area contributed by atoms with E-state index in [1.165, 1.54) is 0 Å². The number of rotatable bonds is 6. The maximum atomic E-state index is 6.12. The number of benzene rings is 2. The molecule has 0 saturated carbocycles. The molecule has 1 atom stereocenters. The van der Waals surface area contributed by atoms with Crippen LogP contribution in [0.2, 0.25) is 0 Å². The minimum Gasteiger partial charge on any atom is -0.430 e. The van der Waals surface area contributed by atoms with Gasteiger partial charge in [0.05, 0.1) is 13.2 Å². The van der Waals surface area contributed by atoms with Crippen molar-refractivity contribution in [3.8, 4) is 22.8 Å². The summed E-state index contributed by atoms with van der Waals surface area (Å²) in [6.07, 6.45) is 0. The van der Waals surface area contributed by atoms with E-state index in [2.05, 4.69) is 27.1 Å². The molecule has 1 saturated heterocycles. The van der Waals surface area contributed by atoms with Crippen molar-refractivity contribution in [1.82, 2.24) is 19.9 Å². The molecule has 1 N–H and O–H groups in total. The van der Waals surface area contributed by atoms with Gasteiger partial charge in [-0.15, -0.1) is 0 Å². The summed E-state index contributed by atoms with van der Waals surface area (Å²) in [6.45, 7) is 6.40. The van der Waals surface area contributed by atoms with Gasteiger partial charge < -0.3 is 14.5 Å². The molecule has 0 radical (unpaired) electrons. The van der Waals surface area contributed by atoms with E-state index >= 15 is 0 Å². The first kappa shape index (κ1) is 19.7. The van der Waals surface area contributed by atoms with E-state index in [1.54, 1.807) is 0 Å². The molecule has 3 heterocycles. The molecule has 2 aromatic carbocycles. The number of morpholine rings is 1. The van der Waals surface area contributed by atoms with Crippen LogP contribution in [-0.4, -0.2) is 58.7 Å². The minimum absolute atomic E-state index is 0.339. The predicted molar refractivity (Wildman–Crippen MR) is 121 cm³/mol. The van der Waals surface area contributed by atoms with Crippen LogP contribution >= 0.6 is 0 Å². The molecule has 1 aliphatic rings. The third-order valence-electron chi connectivity index (χ3n) is 5.54. The third kappa shape index (κ3) is 4.28. The summed E-state index contributed by atoms with van der Waals surface area (Å²) >= 11 is 0. The third-order valence-corrected chi connectivity index (χ3v) is 5.54. The van der Waals surface area contributed by atoms with Crippen molar-refractivity contribution in [1.29, 1.82) is 0 Å². The van der Waals surface area contributed by atoms with Crippen LogP contribution < -0.4 is 5.32 Å². The summed E-state index contributed by atoms with van der Waals surface area (Å²) in [5.41, 5.74) is 2.98. The Morgan fingerprint density at radius 3 is 2.29 bits per heavy atom. The Bertz CT molecular complexity index is 1140. The lowest BCUT2D eigenvalue weighted by molar-refractivity contribution is 0.0227. The highest BCUT2D eigenvalue weighted by atomic mass is 16.5. The molecule has 0 amide bonds. The number of aromatic nitrogens is 3. The van der Waals surface area contributed by atoms with Crippen molar-refractivity contribution in [3.63, 3.8) is 0 Å². The first-order chi connectivity index (χ1) is 15.3. The van der Waals surface area contributed by atoms with Gasteiger partial charge in [-0.1, -0.05) is 48.5 Å². The van der Waals surface area contributed by atoms with Crippen LogP contribution in [0.1, 0.15) is 6.92 Å². The molecule has 4 aromatic rings. The summed E-state index contributed by atoms with van der Waals surface area (Å²) < 4.78 is 11.6. The van der Waals surface area contributed by atoms with E-state index in [0.29, 0.717) is 34.8 Å². The average Bonchev–Trinajstić information content (AvgIpc) is 3.28. The van der Waals surface area contributed by atoms with Crippen molar-refractivity contribution >= 4 is 17.0 Å². The Kier molecular flexibility index (Phi) is 5.60. The topological polar surface area (TPSA) is 76.3 Å². The van der Waals surface area contributed by atoms with Crippen LogP contribution in [0.3, 0.4) is 0 Å². The maximum absolute atomic E-state index is 6.12. The molecule has 158 valence electrons. The number of hydrogen-bond donors (Lipinski definition) is 1. The van der Waals surface area contributed by atoms with E-state index < -0.39 is 0 Å². The van der Waals surface area contributed by atoms with Crippen LogP contribution in [0, 0.1) is 0 Å². The summed E-state index contributed by atoms with van der Waals surface area (Å²) in [6, 6.07) is 20.1. The molecule has 31 heavy (non-hydrogen) atoms. The number of nitrogens with one attached hydrogen (secondary N) is 1. The minimum atomic E-state index is 0.339. The van der Waals surface area contributed by atoms with E-state index in [-0.39, 0.29) is 0 Å². The zero-order valence-corrected chi connectivity index (χ0v) is 17.5. The van der Waals surface area contributed by atoms with Crippen LogP contribution in [-0.2, 0) is 4.74 Å². The Hall–Kier alpha value is -3.29. The Morgan fingerprint density at radius 1 is 0.903 bits per heavy atom. The van der Waals surface area contributed by atoms with Gasteiger partial charge in [0.1, 0.15) is 0 Å². The first-order valence-electron chi connectivity index (χ1n) is 10.6. The van der Waals surface area contributed by atoms with Gasteiger partial charge in [0.25, 0.3) is 0 Å².